The van der Waals surface area contributed by atoms with Gasteiger partial charge in [-0.05, 0) is 27.7 Å². The first kappa shape index (κ1) is 26.9. The van der Waals surface area contributed by atoms with Gasteiger partial charge in [0.25, 0.3) is 0 Å². The molecule has 0 saturated heterocycles. The van der Waals surface area contributed by atoms with E-state index in [0.717, 1.165) is 55.9 Å². The van der Waals surface area contributed by atoms with Crippen molar-refractivity contribution in [2.75, 3.05) is 16.6 Å². The minimum Gasteiger partial charge on any atom is -0.307 e. The largest absolute Gasteiger partial charge is 0.307 e. The quantitative estimate of drug-likeness (QED) is 0.182. The van der Waals surface area contributed by atoms with Gasteiger partial charge in [-0.3, -0.25) is 0 Å². The molecule has 3 heteroatoms. The van der Waals surface area contributed by atoms with Gasteiger partial charge in [-0.15, -0.1) is 0 Å². The van der Waals surface area contributed by atoms with E-state index in [1.807, 2.05) is 50.0 Å². The fraction of sp³-hybridized carbons (Fsp3) is 0.140. The molecule has 0 N–H and O–H groups in total. The van der Waals surface area contributed by atoms with Crippen LogP contribution in [0.25, 0.3) is 44.5 Å². The first-order chi connectivity index (χ1) is 23.2. The summed E-state index contributed by atoms with van der Waals surface area (Å²) in [5, 5.41) is 7.31. The normalized spacial score (nSPS) is 14.1. The lowest BCUT2D eigenvalue weighted by Gasteiger charge is -2.30. The fourth-order valence-electron chi connectivity index (χ4n) is 6.18. The lowest BCUT2D eigenvalue weighted by atomic mass is 9.90. The van der Waals surface area contributed by atoms with Gasteiger partial charge in [0.1, 0.15) is 12.5 Å². The monoisotopic (exact) mass is 599 g/mol. The number of hydrogen-bond donors (Lipinski definition) is 0. The molecule has 0 fully saturated rings. The van der Waals surface area contributed by atoms with Crippen LogP contribution in [0, 0.1) is 5.41 Å². The van der Waals surface area contributed by atoms with Crippen LogP contribution >= 0.6 is 0 Å². The van der Waals surface area contributed by atoms with Crippen molar-refractivity contribution in [2.24, 2.45) is 10.5 Å². The van der Waals surface area contributed by atoms with Gasteiger partial charge < -0.3 is 4.90 Å². The van der Waals surface area contributed by atoms with E-state index in [2.05, 4.69) is 138 Å². The highest BCUT2D eigenvalue weighted by atomic mass is 15.6. The smallest absolute Gasteiger partial charge is 0.132 e. The molecular formula is C43H39N3. The number of nitrogens with zero attached hydrogens (tertiary/aromatic N) is 3. The first-order valence-electron chi connectivity index (χ1n) is 16.9. The zero-order valence-corrected chi connectivity index (χ0v) is 26.6. The summed E-state index contributed by atoms with van der Waals surface area (Å²) in [5.41, 5.74) is 9.55. The van der Waals surface area contributed by atoms with Crippen LogP contribution in [0.5, 0.6) is 0 Å². The molecule has 0 saturated carbocycles. The minimum atomic E-state index is -1.78. The van der Waals surface area contributed by atoms with Gasteiger partial charge >= 0.3 is 0 Å². The highest BCUT2D eigenvalue weighted by Crippen LogP contribution is 2.45. The number of rotatable bonds is 7. The van der Waals surface area contributed by atoms with Crippen LogP contribution in [0.4, 0.5) is 11.4 Å². The molecule has 0 aliphatic carbocycles. The van der Waals surface area contributed by atoms with Crippen LogP contribution in [-0.2, 0) is 0 Å². The molecule has 1 aliphatic heterocycles. The molecule has 0 amide bonds. The fourth-order valence-corrected chi connectivity index (χ4v) is 6.18. The summed E-state index contributed by atoms with van der Waals surface area (Å²) in [5.74, 6) is 0.387. The summed E-state index contributed by atoms with van der Waals surface area (Å²) in [7, 11) is 0. The summed E-state index contributed by atoms with van der Waals surface area (Å²) in [6.07, 6.45) is -1.78. The van der Waals surface area contributed by atoms with E-state index in [0.29, 0.717) is 12.5 Å². The molecule has 6 aromatic rings. The SMILES string of the molecule is [2H]C([2H])(C1=NN(c2c(-c3ccccc3)cccc2-c2ccccc2)CN1c1c(-c2ccccc2)cccc1-c1ccccc1)C(C)(C)C. The summed E-state index contributed by atoms with van der Waals surface area (Å²) >= 11 is 0. The van der Waals surface area contributed by atoms with Gasteiger partial charge in [-0.2, -0.15) is 5.10 Å². The van der Waals surface area contributed by atoms with Gasteiger partial charge in [0.2, 0.25) is 0 Å². The molecule has 1 aliphatic rings. The predicted molar refractivity (Wildman–Crippen MR) is 196 cm³/mol. The molecule has 0 unspecified atom stereocenters. The molecule has 0 atom stereocenters. The number of anilines is 2. The maximum atomic E-state index is 9.66. The van der Waals surface area contributed by atoms with Gasteiger partial charge in [0.15, 0.2) is 0 Å². The van der Waals surface area contributed by atoms with E-state index in [4.69, 9.17) is 5.10 Å². The lowest BCUT2D eigenvalue weighted by molar-refractivity contribution is 0.432. The van der Waals surface area contributed by atoms with Crippen LogP contribution in [-0.4, -0.2) is 12.5 Å². The van der Waals surface area contributed by atoms with Crippen LogP contribution in [0.15, 0.2) is 163 Å². The van der Waals surface area contributed by atoms with E-state index in [1.54, 1.807) is 0 Å². The Morgan fingerprint density at radius 1 is 0.500 bits per heavy atom. The van der Waals surface area contributed by atoms with Crippen molar-refractivity contribution in [3.63, 3.8) is 0 Å². The van der Waals surface area contributed by atoms with E-state index in [-0.39, 0.29) is 0 Å². The predicted octanol–water partition coefficient (Wildman–Crippen LogP) is 11.4. The third kappa shape index (κ3) is 5.97. The Bertz CT molecular complexity index is 1940. The van der Waals surface area contributed by atoms with Crippen molar-refractivity contribution >= 4 is 17.2 Å². The van der Waals surface area contributed by atoms with E-state index in [1.165, 1.54) is 0 Å². The molecule has 6 aromatic carbocycles. The van der Waals surface area contributed by atoms with Crippen molar-refractivity contribution < 1.29 is 2.74 Å². The maximum Gasteiger partial charge on any atom is 0.132 e. The van der Waals surface area contributed by atoms with Gasteiger partial charge in [-0.1, -0.05) is 178 Å². The Morgan fingerprint density at radius 2 is 0.848 bits per heavy atom. The number of para-hydroxylation sites is 2. The standard InChI is InChI=1S/C43H39N3/c1-43(2,3)30-40-44-46(42-38(34-22-12-6-13-23-34)28-17-29-39(42)35-24-14-7-15-25-35)31-45(40)41-36(32-18-8-4-9-19-32)26-16-27-37(41)33-20-10-5-11-21-33/h4-29H,30-31H2,1-3H3/i30D2. The molecule has 0 radical (unpaired) electrons. The molecule has 7 rings (SSSR count). The van der Waals surface area contributed by atoms with E-state index >= 15 is 0 Å². The van der Waals surface area contributed by atoms with Crippen molar-refractivity contribution in [1.29, 1.82) is 0 Å². The van der Waals surface area contributed by atoms with Gasteiger partial charge in [-0.25, -0.2) is 5.01 Å². The summed E-state index contributed by atoms with van der Waals surface area (Å²) in [6, 6.07) is 54.3. The van der Waals surface area contributed by atoms with Crippen LogP contribution < -0.4 is 9.91 Å². The molecule has 1 heterocycles. The van der Waals surface area contributed by atoms with E-state index in [9.17, 15) is 2.74 Å². The molecule has 0 bridgehead atoms. The summed E-state index contributed by atoms with van der Waals surface area (Å²) in [6.45, 7) is 6.18. The van der Waals surface area contributed by atoms with Crippen molar-refractivity contribution in [3.8, 4) is 44.5 Å². The highest BCUT2D eigenvalue weighted by molar-refractivity contribution is 6.08. The molecule has 0 spiro atoms. The molecular weight excluding hydrogens is 558 g/mol. The summed E-state index contributed by atoms with van der Waals surface area (Å²) < 4.78 is 19.3. The molecule has 0 aromatic heterocycles. The third-order valence-electron chi connectivity index (χ3n) is 8.17. The number of hydrazone groups is 1. The Hall–Kier alpha value is -5.41. The molecule has 46 heavy (non-hydrogen) atoms. The zero-order chi connectivity index (χ0) is 33.3. The van der Waals surface area contributed by atoms with Gasteiger partial charge in [0, 0.05) is 31.4 Å². The van der Waals surface area contributed by atoms with Crippen LogP contribution in [0.3, 0.4) is 0 Å². The Kier molecular flexibility index (Phi) is 7.34. The van der Waals surface area contributed by atoms with Crippen molar-refractivity contribution in [2.45, 2.75) is 27.1 Å². The van der Waals surface area contributed by atoms with Crippen molar-refractivity contribution in [3.05, 3.63) is 158 Å². The number of benzene rings is 6. The van der Waals surface area contributed by atoms with Crippen LogP contribution in [0.1, 0.15) is 29.9 Å². The second-order valence-corrected chi connectivity index (χ2v) is 12.6. The molecule has 3 nitrogen and oxygen atoms in total. The molecule has 226 valence electrons. The number of amidine groups is 1. The third-order valence-corrected chi connectivity index (χ3v) is 8.17. The van der Waals surface area contributed by atoms with Crippen molar-refractivity contribution in [1.82, 2.24) is 0 Å². The highest BCUT2D eigenvalue weighted by Gasteiger charge is 2.33. The Labute approximate surface area is 275 Å². The second kappa shape index (κ2) is 12.5. The van der Waals surface area contributed by atoms with Crippen LogP contribution in [0.2, 0.25) is 0 Å². The minimum absolute atomic E-state index is 0.332. The Balaban J connectivity index is 1.51. The lowest BCUT2D eigenvalue weighted by Crippen LogP contribution is -2.34. The number of hydrogen-bond acceptors (Lipinski definition) is 3. The maximum absolute atomic E-state index is 9.66. The van der Waals surface area contributed by atoms with Gasteiger partial charge in [0.05, 0.1) is 11.4 Å². The average Bonchev–Trinajstić information content (AvgIpc) is 3.58. The zero-order valence-electron chi connectivity index (χ0n) is 28.6. The van der Waals surface area contributed by atoms with E-state index < -0.39 is 11.8 Å². The topological polar surface area (TPSA) is 18.8 Å². The summed E-state index contributed by atoms with van der Waals surface area (Å²) in [4.78, 5) is 2.12. The first-order valence-corrected chi connectivity index (χ1v) is 15.9. The second-order valence-electron chi connectivity index (χ2n) is 12.6. The Morgan fingerprint density at radius 3 is 1.20 bits per heavy atom. The average molecular weight is 600 g/mol.